The number of anilines is 1. The maximum atomic E-state index is 11.7. The predicted molar refractivity (Wildman–Crippen MR) is 81.9 cm³/mol. The van der Waals surface area contributed by atoms with Gasteiger partial charge in [0.05, 0.1) is 18.8 Å². The Labute approximate surface area is 133 Å². The first kappa shape index (κ1) is 17.0. The van der Waals surface area contributed by atoms with Crippen LogP contribution < -0.4 is 16.4 Å². The average molecular weight is 409 g/mol. The van der Waals surface area contributed by atoms with Crippen LogP contribution in [0.4, 0.5) is 5.82 Å². The Bertz CT molecular complexity index is 510. The van der Waals surface area contributed by atoms with Gasteiger partial charge in [-0.3, -0.25) is 9.59 Å². The van der Waals surface area contributed by atoms with E-state index in [2.05, 4.69) is 52.5 Å². The van der Waals surface area contributed by atoms with Gasteiger partial charge in [0.15, 0.2) is 5.82 Å². The maximum Gasteiger partial charge on any atom is 0.244 e. The molecule has 0 saturated carbocycles. The van der Waals surface area contributed by atoms with Crippen LogP contribution in [0.25, 0.3) is 0 Å². The van der Waals surface area contributed by atoms with E-state index in [1.54, 1.807) is 0 Å². The molecule has 0 radical (unpaired) electrons. The first-order valence-electron chi connectivity index (χ1n) is 5.82. The summed E-state index contributed by atoms with van der Waals surface area (Å²) in [6.07, 6.45) is 1.45. The van der Waals surface area contributed by atoms with E-state index in [0.29, 0.717) is 9.21 Å². The summed E-state index contributed by atoms with van der Waals surface area (Å²) in [4.78, 5) is 31.3. The molecular weight excluding hydrogens is 394 g/mol. The zero-order valence-corrected chi connectivity index (χ0v) is 14.2. The molecule has 4 N–H and O–H groups in total. The highest BCUT2D eigenvalue weighted by atomic mass is 79.9. The minimum atomic E-state index is -0.637. The molecule has 0 aliphatic heterocycles. The van der Waals surface area contributed by atoms with E-state index in [1.165, 1.54) is 6.20 Å². The highest BCUT2D eigenvalue weighted by Gasteiger charge is 2.18. The largest absolute Gasteiger partial charge is 0.346 e. The van der Waals surface area contributed by atoms with Gasteiger partial charge in [0.2, 0.25) is 11.8 Å². The standard InChI is InChI=1S/C11H15Br2N5O2/c1-5(2)8(14)11(20)16-4-7(19)18-10-9(13)17-6(12)3-15-10/h3,5,8H,4,14H2,1-2H3,(H,16,20)(H,15,18,19)/t8-/m0/s1. The average Bonchev–Trinajstić information content (AvgIpc) is 2.38. The van der Waals surface area contributed by atoms with Crippen LogP contribution in [0.5, 0.6) is 0 Å². The number of halogens is 2. The lowest BCUT2D eigenvalue weighted by atomic mass is 10.1. The molecule has 7 nitrogen and oxygen atoms in total. The second kappa shape index (κ2) is 7.65. The zero-order valence-electron chi connectivity index (χ0n) is 11.0. The van der Waals surface area contributed by atoms with Crippen molar-refractivity contribution in [3.63, 3.8) is 0 Å². The Hall–Kier alpha value is -1.06. The van der Waals surface area contributed by atoms with Crippen molar-refractivity contribution in [1.82, 2.24) is 15.3 Å². The molecule has 0 aromatic carbocycles. The second-order valence-corrected chi connectivity index (χ2v) is 5.93. The van der Waals surface area contributed by atoms with E-state index in [1.807, 2.05) is 13.8 Å². The summed E-state index contributed by atoms with van der Waals surface area (Å²) < 4.78 is 0.934. The van der Waals surface area contributed by atoms with E-state index < -0.39 is 11.9 Å². The number of nitrogens with two attached hydrogens (primary N) is 1. The van der Waals surface area contributed by atoms with Crippen LogP contribution in [0, 0.1) is 5.92 Å². The fourth-order valence-electron chi connectivity index (χ4n) is 1.19. The van der Waals surface area contributed by atoms with Crippen LogP contribution in [0.1, 0.15) is 13.8 Å². The van der Waals surface area contributed by atoms with E-state index in [9.17, 15) is 9.59 Å². The molecule has 1 atom stereocenters. The Kier molecular flexibility index (Phi) is 6.50. The quantitative estimate of drug-likeness (QED) is 0.674. The molecule has 1 rings (SSSR count). The molecule has 0 unspecified atom stereocenters. The van der Waals surface area contributed by atoms with Gasteiger partial charge in [-0.2, -0.15) is 0 Å². The second-order valence-electron chi connectivity index (χ2n) is 4.37. The van der Waals surface area contributed by atoms with Crippen molar-refractivity contribution < 1.29 is 9.59 Å². The van der Waals surface area contributed by atoms with Crippen LogP contribution in [-0.4, -0.2) is 34.4 Å². The van der Waals surface area contributed by atoms with Gasteiger partial charge in [-0.25, -0.2) is 9.97 Å². The molecule has 110 valence electrons. The van der Waals surface area contributed by atoms with Gasteiger partial charge in [0, 0.05) is 0 Å². The van der Waals surface area contributed by atoms with Crippen molar-refractivity contribution in [1.29, 1.82) is 0 Å². The van der Waals surface area contributed by atoms with Gasteiger partial charge >= 0.3 is 0 Å². The van der Waals surface area contributed by atoms with Crippen LogP contribution in [0.3, 0.4) is 0 Å². The monoisotopic (exact) mass is 407 g/mol. The van der Waals surface area contributed by atoms with Crippen LogP contribution in [-0.2, 0) is 9.59 Å². The van der Waals surface area contributed by atoms with E-state index in [4.69, 9.17) is 5.73 Å². The fourth-order valence-corrected chi connectivity index (χ4v) is 2.10. The number of aromatic nitrogens is 2. The SMILES string of the molecule is CC(C)[C@H](N)C(=O)NCC(=O)Nc1ncc(Br)nc1Br. The molecule has 1 heterocycles. The summed E-state index contributed by atoms with van der Waals surface area (Å²) in [7, 11) is 0. The van der Waals surface area contributed by atoms with Gasteiger partial charge < -0.3 is 16.4 Å². The van der Waals surface area contributed by atoms with Crippen molar-refractivity contribution in [2.45, 2.75) is 19.9 Å². The third-order valence-electron chi connectivity index (χ3n) is 2.40. The molecule has 1 aromatic heterocycles. The van der Waals surface area contributed by atoms with Gasteiger partial charge in [0.25, 0.3) is 0 Å². The molecule has 0 spiro atoms. The third kappa shape index (κ3) is 5.14. The number of amides is 2. The molecule has 1 aromatic rings. The van der Waals surface area contributed by atoms with Gasteiger partial charge in [0.1, 0.15) is 9.21 Å². The minimum Gasteiger partial charge on any atom is -0.346 e. The zero-order chi connectivity index (χ0) is 15.3. The van der Waals surface area contributed by atoms with Gasteiger partial charge in [-0.15, -0.1) is 0 Å². The number of nitrogens with one attached hydrogen (secondary N) is 2. The maximum absolute atomic E-state index is 11.7. The first-order chi connectivity index (χ1) is 9.31. The van der Waals surface area contributed by atoms with Crippen molar-refractivity contribution in [2.75, 3.05) is 11.9 Å². The molecule has 0 saturated heterocycles. The summed E-state index contributed by atoms with van der Waals surface area (Å²) in [5.74, 6) is -0.493. The van der Waals surface area contributed by atoms with Crippen LogP contribution in [0.15, 0.2) is 15.4 Å². The van der Waals surface area contributed by atoms with Crippen LogP contribution >= 0.6 is 31.9 Å². The number of hydrogen-bond donors (Lipinski definition) is 3. The Morgan fingerprint density at radius 1 is 1.40 bits per heavy atom. The van der Waals surface area contributed by atoms with Crippen LogP contribution in [0.2, 0.25) is 0 Å². The van der Waals surface area contributed by atoms with Crippen molar-refractivity contribution in [3.8, 4) is 0 Å². The Morgan fingerprint density at radius 2 is 2.05 bits per heavy atom. The normalized spacial score (nSPS) is 12.1. The summed E-state index contributed by atoms with van der Waals surface area (Å²) in [6.45, 7) is 3.49. The highest BCUT2D eigenvalue weighted by molar-refractivity contribution is 9.11. The van der Waals surface area contributed by atoms with Crippen molar-refractivity contribution in [3.05, 3.63) is 15.4 Å². The lowest BCUT2D eigenvalue weighted by Gasteiger charge is -2.15. The van der Waals surface area contributed by atoms with Crippen molar-refractivity contribution >= 4 is 49.5 Å². The highest BCUT2D eigenvalue weighted by Crippen LogP contribution is 2.18. The molecule has 0 bridgehead atoms. The molecule has 2 amide bonds. The molecule has 20 heavy (non-hydrogen) atoms. The lowest BCUT2D eigenvalue weighted by molar-refractivity contribution is -0.125. The fraction of sp³-hybridized carbons (Fsp3) is 0.455. The van der Waals surface area contributed by atoms with E-state index >= 15 is 0 Å². The number of carbonyl (C=O) groups excluding carboxylic acids is 2. The summed E-state index contributed by atoms with van der Waals surface area (Å²) in [5, 5.41) is 4.99. The smallest absolute Gasteiger partial charge is 0.244 e. The molecular formula is C11H15Br2N5O2. The number of rotatable bonds is 5. The lowest BCUT2D eigenvalue weighted by Crippen LogP contribution is -2.46. The van der Waals surface area contributed by atoms with Gasteiger partial charge in [-0.05, 0) is 37.8 Å². The Balaban J connectivity index is 2.50. The Morgan fingerprint density at radius 3 is 2.60 bits per heavy atom. The minimum absolute atomic E-state index is 0.00421. The predicted octanol–water partition coefficient (Wildman–Crippen LogP) is 1.04. The first-order valence-corrected chi connectivity index (χ1v) is 7.41. The number of nitrogens with zero attached hydrogens (tertiary/aromatic N) is 2. The van der Waals surface area contributed by atoms with Gasteiger partial charge in [-0.1, -0.05) is 13.8 Å². The van der Waals surface area contributed by atoms with E-state index in [-0.39, 0.29) is 24.2 Å². The molecule has 9 heteroatoms. The number of hydrogen-bond acceptors (Lipinski definition) is 5. The van der Waals surface area contributed by atoms with Crippen molar-refractivity contribution in [2.24, 2.45) is 11.7 Å². The number of carbonyl (C=O) groups is 2. The van der Waals surface area contributed by atoms with E-state index in [0.717, 1.165) is 0 Å². The summed E-state index contributed by atoms with van der Waals surface area (Å²) in [6, 6.07) is -0.637. The molecule has 0 aliphatic carbocycles. The summed E-state index contributed by atoms with van der Waals surface area (Å²) in [5.41, 5.74) is 5.66. The molecule has 0 aliphatic rings. The summed E-state index contributed by atoms with van der Waals surface area (Å²) >= 11 is 6.33. The topological polar surface area (TPSA) is 110 Å². The third-order valence-corrected chi connectivity index (χ3v) is 3.34. The molecule has 0 fully saturated rings.